The van der Waals surface area contributed by atoms with Crippen molar-refractivity contribution in [1.29, 1.82) is 0 Å². The van der Waals surface area contributed by atoms with E-state index in [-0.39, 0.29) is 11.3 Å². The zero-order valence-electron chi connectivity index (χ0n) is 9.29. The molecule has 0 N–H and O–H groups in total. The Labute approximate surface area is 115 Å². The lowest BCUT2D eigenvalue weighted by molar-refractivity contribution is -0.384. The van der Waals surface area contributed by atoms with Gasteiger partial charge in [-0.1, -0.05) is 12.1 Å². The molecular weight excluding hydrogens is 316 g/mol. The fraction of sp³-hybridized carbons (Fsp3) is 0. The number of nitro groups is 1. The predicted molar refractivity (Wildman–Crippen MR) is 70.0 cm³/mol. The quantitative estimate of drug-likeness (QED) is 0.350. The zero-order valence-corrected chi connectivity index (χ0v) is 10.9. The third-order valence-electron chi connectivity index (χ3n) is 2.99. The van der Waals surface area contributed by atoms with Crippen LogP contribution >= 0.6 is 16.1 Å². The first kappa shape index (κ1) is 11.8. The predicted octanol–water partition coefficient (Wildman–Crippen LogP) is 2.65. The van der Waals surface area contributed by atoms with Gasteiger partial charge >= 0.3 is 0 Å². The summed E-state index contributed by atoms with van der Waals surface area (Å²) < 4.78 is 0.786. The molecule has 1 aliphatic heterocycles. The van der Waals surface area contributed by atoms with Crippen LogP contribution in [0.25, 0.3) is 10.8 Å². The van der Waals surface area contributed by atoms with Gasteiger partial charge < -0.3 is 0 Å². The molecule has 0 aliphatic carbocycles. The van der Waals surface area contributed by atoms with Crippen molar-refractivity contribution in [1.82, 2.24) is 3.93 Å². The van der Waals surface area contributed by atoms with Crippen molar-refractivity contribution in [2.45, 2.75) is 0 Å². The standard InChI is InChI=1S/C12H5BrN2O4/c13-14-11(16)8-3-1-2-6-4-7(15(18)19)5-9(10(6)8)12(14)17/h1-5H. The summed E-state index contributed by atoms with van der Waals surface area (Å²) in [6.07, 6.45) is 0. The second-order valence-electron chi connectivity index (χ2n) is 4.05. The van der Waals surface area contributed by atoms with Crippen LogP contribution in [0.1, 0.15) is 20.7 Å². The highest BCUT2D eigenvalue weighted by molar-refractivity contribution is 9.08. The summed E-state index contributed by atoms with van der Waals surface area (Å²) in [5, 5.41) is 11.8. The van der Waals surface area contributed by atoms with Crippen molar-refractivity contribution in [2.75, 3.05) is 0 Å². The highest BCUT2D eigenvalue weighted by Crippen LogP contribution is 2.34. The first-order valence-electron chi connectivity index (χ1n) is 5.26. The molecule has 0 fully saturated rings. The second-order valence-corrected chi connectivity index (χ2v) is 4.75. The molecule has 19 heavy (non-hydrogen) atoms. The molecule has 1 aliphatic rings. The molecule has 94 valence electrons. The molecule has 7 heteroatoms. The van der Waals surface area contributed by atoms with Crippen molar-refractivity contribution >= 4 is 44.4 Å². The van der Waals surface area contributed by atoms with Crippen LogP contribution in [-0.2, 0) is 0 Å². The highest BCUT2D eigenvalue weighted by Gasteiger charge is 2.33. The fourth-order valence-corrected chi connectivity index (χ4v) is 2.55. The van der Waals surface area contributed by atoms with Crippen molar-refractivity contribution in [2.24, 2.45) is 0 Å². The lowest BCUT2D eigenvalue weighted by Crippen LogP contribution is -2.32. The van der Waals surface area contributed by atoms with Crippen LogP contribution < -0.4 is 0 Å². The van der Waals surface area contributed by atoms with E-state index in [4.69, 9.17) is 0 Å². The molecule has 0 unspecified atom stereocenters. The smallest absolute Gasteiger partial charge is 0.268 e. The van der Waals surface area contributed by atoms with E-state index in [1.807, 2.05) is 0 Å². The summed E-state index contributed by atoms with van der Waals surface area (Å²) in [4.78, 5) is 34.3. The Morgan fingerprint density at radius 3 is 2.47 bits per heavy atom. The molecule has 0 atom stereocenters. The number of imide groups is 1. The van der Waals surface area contributed by atoms with Crippen molar-refractivity contribution < 1.29 is 14.5 Å². The molecular formula is C12H5BrN2O4. The number of nitro benzene ring substituents is 1. The molecule has 6 nitrogen and oxygen atoms in total. The Morgan fingerprint density at radius 1 is 1.11 bits per heavy atom. The Hall–Kier alpha value is -2.28. The molecule has 0 aromatic heterocycles. The van der Waals surface area contributed by atoms with Gasteiger partial charge in [-0.2, -0.15) is 0 Å². The average Bonchev–Trinajstić information content (AvgIpc) is 2.41. The van der Waals surface area contributed by atoms with E-state index < -0.39 is 16.7 Å². The maximum Gasteiger partial charge on any atom is 0.271 e. The van der Waals surface area contributed by atoms with E-state index in [1.54, 1.807) is 18.2 Å². The molecule has 0 spiro atoms. The van der Waals surface area contributed by atoms with Gasteiger partial charge in [-0.25, -0.2) is 3.93 Å². The molecule has 0 saturated heterocycles. The van der Waals surface area contributed by atoms with Gasteiger partial charge in [-0.3, -0.25) is 19.7 Å². The molecule has 2 aromatic carbocycles. The number of halogens is 1. The summed E-state index contributed by atoms with van der Waals surface area (Å²) in [5.41, 5.74) is 0.318. The maximum atomic E-state index is 12.0. The van der Waals surface area contributed by atoms with E-state index >= 15 is 0 Å². The van der Waals surface area contributed by atoms with Crippen LogP contribution in [0, 0.1) is 10.1 Å². The highest BCUT2D eigenvalue weighted by atomic mass is 79.9. The minimum absolute atomic E-state index is 0.149. The molecule has 2 amide bonds. The van der Waals surface area contributed by atoms with Gasteiger partial charge in [0.1, 0.15) is 0 Å². The normalized spacial score (nSPS) is 14.1. The van der Waals surface area contributed by atoms with Crippen molar-refractivity contribution in [3.63, 3.8) is 0 Å². The topological polar surface area (TPSA) is 80.5 Å². The molecule has 2 aromatic rings. The summed E-state index contributed by atoms with van der Waals surface area (Å²) in [6, 6.07) is 7.39. The fourth-order valence-electron chi connectivity index (χ4n) is 2.17. The number of benzene rings is 2. The SMILES string of the molecule is O=C1c2cccc3cc([N+](=O)[O-])cc(c23)C(=O)N1Br. The van der Waals surface area contributed by atoms with Gasteiger partial charge in [0.15, 0.2) is 0 Å². The molecule has 0 bridgehead atoms. The molecule has 0 radical (unpaired) electrons. The lowest BCUT2D eigenvalue weighted by atomic mass is 9.95. The summed E-state index contributed by atoms with van der Waals surface area (Å²) in [7, 11) is 0. The summed E-state index contributed by atoms with van der Waals surface area (Å²) >= 11 is 2.88. The van der Waals surface area contributed by atoms with Gasteiger partial charge in [0.2, 0.25) is 0 Å². The maximum absolute atomic E-state index is 12.0. The van der Waals surface area contributed by atoms with E-state index in [1.165, 1.54) is 12.1 Å². The van der Waals surface area contributed by atoms with Crippen LogP contribution in [0.5, 0.6) is 0 Å². The summed E-state index contributed by atoms with van der Waals surface area (Å²) in [5.74, 6) is -1.07. The Balaban J connectivity index is 2.48. The number of non-ortho nitro benzene ring substituents is 1. The third-order valence-corrected chi connectivity index (χ3v) is 3.63. The number of amides is 2. The molecule has 0 saturated carbocycles. The van der Waals surface area contributed by atoms with Gasteiger partial charge in [0.05, 0.1) is 26.6 Å². The van der Waals surface area contributed by atoms with E-state index in [2.05, 4.69) is 16.1 Å². The first-order valence-corrected chi connectivity index (χ1v) is 5.97. The largest absolute Gasteiger partial charge is 0.271 e. The lowest BCUT2D eigenvalue weighted by Gasteiger charge is -2.21. The number of carbonyl (C=O) groups excluding carboxylic acids is 2. The first-order chi connectivity index (χ1) is 9.00. The molecule has 3 rings (SSSR count). The number of hydrogen-bond donors (Lipinski definition) is 0. The van der Waals surface area contributed by atoms with Crippen LogP contribution in [0.2, 0.25) is 0 Å². The Bertz CT molecular complexity index is 772. The molecule has 1 heterocycles. The minimum Gasteiger partial charge on any atom is -0.268 e. The van der Waals surface area contributed by atoms with Gasteiger partial charge in [-0.15, -0.1) is 0 Å². The van der Waals surface area contributed by atoms with Crippen LogP contribution in [0.3, 0.4) is 0 Å². The number of carbonyl (C=O) groups is 2. The van der Waals surface area contributed by atoms with E-state index in [0.29, 0.717) is 16.3 Å². The van der Waals surface area contributed by atoms with Gasteiger partial charge in [-0.05, 0) is 11.5 Å². The third kappa shape index (κ3) is 1.55. The monoisotopic (exact) mass is 320 g/mol. The minimum atomic E-state index is -0.600. The summed E-state index contributed by atoms with van der Waals surface area (Å²) in [6.45, 7) is 0. The van der Waals surface area contributed by atoms with Crippen LogP contribution in [-0.4, -0.2) is 20.7 Å². The Kier molecular flexibility index (Phi) is 2.39. The van der Waals surface area contributed by atoms with E-state index in [9.17, 15) is 19.7 Å². The van der Waals surface area contributed by atoms with Gasteiger partial charge in [0.25, 0.3) is 17.5 Å². The van der Waals surface area contributed by atoms with Crippen molar-refractivity contribution in [3.8, 4) is 0 Å². The van der Waals surface area contributed by atoms with Crippen LogP contribution in [0.15, 0.2) is 30.3 Å². The van der Waals surface area contributed by atoms with Crippen LogP contribution in [0.4, 0.5) is 5.69 Å². The number of nitrogens with zero attached hydrogens (tertiary/aromatic N) is 2. The van der Waals surface area contributed by atoms with E-state index in [0.717, 1.165) is 3.93 Å². The van der Waals surface area contributed by atoms with Gasteiger partial charge in [0, 0.05) is 23.1 Å². The average molecular weight is 321 g/mol. The second kappa shape index (κ2) is 3.86. The number of hydrogen-bond acceptors (Lipinski definition) is 4. The number of rotatable bonds is 1. The van der Waals surface area contributed by atoms with Crippen molar-refractivity contribution in [3.05, 3.63) is 51.6 Å². The Morgan fingerprint density at radius 2 is 1.79 bits per heavy atom. The zero-order chi connectivity index (χ0) is 13.7.